The highest BCUT2D eigenvalue weighted by Gasteiger charge is 2.31. The van der Waals surface area contributed by atoms with Crippen molar-refractivity contribution in [2.24, 2.45) is 7.05 Å². The van der Waals surface area contributed by atoms with Crippen LogP contribution in [0.4, 0.5) is 0 Å². The molecular weight excluding hydrogens is 488 g/mol. The number of fused-ring (bicyclic) bond motifs is 1. The number of aromatic amines is 1. The number of nitrogens with one attached hydrogen (secondary N) is 1. The largest absolute Gasteiger partial charge is 0.508 e. The molecule has 0 saturated heterocycles. The van der Waals surface area contributed by atoms with Crippen LogP contribution in [0.25, 0.3) is 17.2 Å². The van der Waals surface area contributed by atoms with Gasteiger partial charge in [-0.3, -0.25) is 18.9 Å². The summed E-state index contributed by atoms with van der Waals surface area (Å²) in [6.07, 6.45) is -0.783. The molecule has 0 spiro atoms. The standard InChI is InChI=1S/C20H20N4O10S/c1-10(34-35(29,30)31)16(13-9-21-17-15(22-13)18(26)23-20(28)24(17)2)33-19(27)14(32-3)8-11-4-6-12(25)7-5-11/h4-10,16,25H,1-3H3,(H,23,26,28)(H,29,30,31)/b14-8-/t10-,16+/m1/s1. The molecule has 3 rings (SSSR count). The van der Waals surface area contributed by atoms with Gasteiger partial charge in [-0.1, -0.05) is 12.1 Å². The van der Waals surface area contributed by atoms with Crippen LogP contribution in [-0.2, 0) is 35.9 Å². The normalized spacial score (nSPS) is 13.9. The lowest BCUT2D eigenvalue weighted by Gasteiger charge is -2.23. The molecule has 186 valence electrons. The van der Waals surface area contributed by atoms with Crippen molar-refractivity contribution in [1.29, 1.82) is 0 Å². The first-order chi connectivity index (χ1) is 16.4. The molecule has 14 nitrogen and oxygen atoms in total. The summed E-state index contributed by atoms with van der Waals surface area (Å²) in [4.78, 5) is 47.0. The third kappa shape index (κ3) is 6.08. The highest BCUT2D eigenvalue weighted by molar-refractivity contribution is 7.80. The number of methoxy groups -OCH3 is 1. The molecule has 0 aliphatic carbocycles. The molecule has 2 aromatic heterocycles. The van der Waals surface area contributed by atoms with E-state index in [1.807, 2.05) is 4.98 Å². The summed E-state index contributed by atoms with van der Waals surface area (Å²) >= 11 is 0. The van der Waals surface area contributed by atoms with Gasteiger partial charge >= 0.3 is 22.1 Å². The van der Waals surface area contributed by atoms with Gasteiger partial charge in [0.15, 0.2) is 17.3 Å². The lowest BCUT2D eigenvalue weighted by molar-refractivity contribution is -0.153. The molecule has 0 radical (unpaired) electrons. The van der Waals surface area contributed by atoms with Crippen molar-refractivity contribution in [3.05, 3.63) is 68.3 Å². The van der Waals surface area contributed by atoms with Crippen molar-refractivity contribution in [3.63, 3.8) is 0 Å². The molecule has 15 heteroatoms. The Morgan fingerprint density at radius 3 is 2.49 bits per heavy atom. The van der Waals surface area contributed by atoms with E-state index < -0.39 is 39.8 Å². The average Bonchev–Trinajstić information content (AvgIpc) is 2.79. The number of hydrogen-bond acceptors (Lipinski definition) is 11. The zero-order chi connectivity index (χ0) is 25.9. The second-order valence-electron chi connectivity index (χ2n) is 7.14. The smallest absolute Gasteiger partial charge is 0.397 e. The molecule has 0 fully saturated rings. The first kappa shape index (κ1) is 25.5. The quantitative estimate of drug-likeness (QED) is 0.162. The maximum Gasteiger partial charge on any atom is 0.397 e. The van der Waals surface area contributed by atoms with Crippen LogP contribution in [0.5, 0.6) is 5.75 Å². The number of ether oxygens (including phenoxy) is 2. The van der Waals surface area contributed by atoms with E-state index in [2.05, 4.69) is 14.2 Å². The van der Waals surface area contributed by atoms with Crippen LogP contribution < -0.4 is 11.2 Å². The summed E-state index contributed by atoms with van der Waals surface area (Å²) in [6.45, 7) is 1.17. The summed E-state index contributed by atoms with van der Waals surface area (Å²) in [5.41, 5.74) is -1.74. The number of H-pyrrole nitrogens is 1. The van der Waals surface area contributed by atoms with Gasteiger partial charge in [0.05, 0.1) is 13.3 Å². The highest BCUT2D eigenvalue weighted by Crippen LogP contribution is 2.25. The predicted octanol–water partition coefficient (Wildman–Crippen LogP) is 0.202. The van der Waals surface area contributed by atoms with Gasteiger partial charge in [0, 0.05) is 7.05 Å². The van der Waals surface area contributed by atoms with Gasteiger partial charge in [0.25, 0.3) is 5.56 Å². The molecule has 0 aliphatic heterocycles. The maximum atomic E-state index is 12.8. The molecule has 2 heterocycles. The number of rotatable bonds is 8. The fourth-order valence-electron chi connectivity index (χ4n) is 3.00. The summed E-state index contributed by atoms with van der Waals surface area (Å²) in [5, 5.41) is 9.40. The molecule has 3 aromatic rings. The van der Waals surface area contributed by atoms with Crippen LogP contribution in [0.1, 0.15) is 24.3 Å². The van der Waals surface area contributed by atoms with E-state index in [1.165, 1.54) is 51.4 Å². The van der Waals surface area contributed by atoms with Crippen LogP contribution in [0.15, 0.2) is 45.8 Å². The lowest BCUT2D eigenvalue weighted by atomic mass is 10.1. The maximum absolute atomic E-state index is 12.8. The minimum Gasteiger partial charge on any atom is -0.508 e. The number of aromatic nitrogens is 4. The molecule has 0 saturated carbocycles. The Hall–Kier alpha value is -4.08. The van der Waals surface area contributed by atoms with E-state index in [4.69, 9.17) is 14.0 Å². The predicted molar refractivity (Wildman–Crippen MR) is 119 cm³/mol. The van der Waals surface area contributed by atoms with Crippen molar-refractivity contribution in [1.82, 2.24) is 19.5 Å². The molecule has 0 bridgehead atoms. The van der Waals surface area contributed by atoms with Crippen LogP contribution in [-0.4, -0.2) is 56.8 Å². The Labute approximate surface area is 197 Å². The van der Waals surface area contributed by atoms with Gasteiger partial charge in [0.2, 0.25) is 5.76 Å². The lowest BCUT2D eigenvalue weighted by Crippen LogP contribution is -2.31. The monoisotopic (exact) mass is 508 g/mol. The van der Waals surface area contributed by atoms with E-state index in [9.17, 15) is 27.9 Å². The Morgan fingerprint density at radius 2 is 1.89 bits per heavy atom. The van der Waals surface area contributed by atoms with Crippen molar-refractivity contribution in [2.75, 3.05) is 7.11 Å². The Morgan fingerprint density at radius 1 is 1.23 bits per heavy atom. The number of phenolic OH excluding ortho intramolecular Hbond substituents is 1. The van der Waals surface area contributed by atoms with Gasteiger partial charge in [-0.15, -0.1) is 0 Å². The Bertz CT molecular complexity index is 1510. The SMILES string of the molecule is CO/C(=C\c1ccc(O)cc1)C(=O)O[C@H](c1cnc2c(n1)c(=O)[nH]c(=O)n2C)[C@@H](C)OS(=O)(=O)O. The number of hydrogen-bond donors (Lipinski definition) is 3. The first-order valence-corrected chi connectivity index (χ1v) is 11.1. The van der Waals surface area contributed by atoms with Crippen molar-refractivity contribution in [2.45, 2.75) is 19.1 Å². The Balaban J connectivity index is 2.04. The molecule has 0 aliphatic rings. The number of carbonyl (C=O) groups is 1. The number of aryl methyl sites for hydroxylation is 1. The van der Waals surface area contributed by atoms with E-state index in [0.29, 0.717) is 5.56 Å². The minimum atomic E-state index is -4.98. The van der Waals surface area contributed by atoms with Crippen molar-refractivity contribution < 1.29 is 36.5 Å². The van der Waals surface area contributed by atoms with Crippen molar-refractivity contribution in [3.8, 4) is 5.75 Å². The molecule has 0 unspecified atom stereocenters. The summed E-state index contributed by atoms with van der Waals surface area (Å²) in [5.74, 6) is -1.39. The third-order valence-electron chi connectivity index (χ3n) is 4.67. The third-order valence-corrected chi connectivity index (χ3v) is 5.21. The van der Waals surface area contributed by atoms with Gasteiger partial charge in [-0.2, -0.15) is 8.42 Å². The number of esters is 1. The molecule has 2 atom stereocenters. The van der Waals surface area contributed by atoms with Crippen LogP contribution in [0, 0.1) is 0 Å². The zero-order valence-corrected chi connectivity index (χ0v) is 19.3. The van der Waals surface area contributed by atoms with Crippen LogP contribution in [0.3, 0.4) is 0 Å². The van der Waals surface area contributed by atoms with Crippen LogP contribution in [0.2, 0.25) is 0 Å². The number of nitrogens with zero attached hydrogens (tertiary/aromatic N) is 3. The van der Waals surface area contributed by atoms with E-state index >= 15 is 0 Å². The number of benzene rings is 1. The molecular formula is C20H20N4O10S. The Kier molecular flexibility index (Phi) is 7.33. The molecule has 3 N–H and O–H groups in total. The second-order valence-corrected chi connectivity index (χ2v) is 8.19. The van der Waals surface area contributed by atoms with E-state index in [0.717, 1.165) is 10.8 Å². The minimum absolute atomic E-state index is 0.00214. The fraction of sp³-hybridized carbons (Fsp3) is 0.250. The second kappa shape index (κ2) is 10.0. The number of aromatic hydroxyl groups is 1. The van der Waals surface area contributed by atoms with E-state index in [-0.39, 0.29) is 28.4 Å². The summed E-state index contributed by atoms with van der Waals surface area (Å²) in [6, 6.07) is 5.75. The summed E-state index contributed by atoms with van der Waals surface area (Å²) in [7, 11) is -2.44. The molecule has 35 heavy (non-hydrogen) atoms. The topological polar surface area (TPSA) is 200 Å². The fourth-order valence-corrected chi connectivity index (χ4v) is 3.49. The molecule has 0 amide bonds. The number of phenols is 1. The van der Waals surface area contributed by atoms with Crippen LogP contribution >= 0.6 is 0 Å². The van der Waals surface area contributed by atoms with Gasteiger partial charge in [-0.25, -0.2) is 23.7 Å². The van der Waals surface area contributed by atoms with Gasteiger partial charge in [-0.05, 0) is 30.7 Å². The summed E-state index contributed by atoms with van der Waals surface area (Å²) < 4.78 is 47.7. The van der Waals surface area contributed by atoms with Crippen molar-refractivity contribution >= 4 is 33.6 Å². The van der Waals surface area contributed by atoms with E-state index in [1.54, 1.807) is 0 Å². The highest BCUT2D eigenvalue weighted by atomic mass is 32.3. The molecule has 1 aromatic carbocycles. The van der Waals surface area contributed by atoms with Gasteiger partial charge in [0.1, 0.15) is 17.5 Å². The van der Waals surface area contributed by atoms with Gasteiger partial charge < -0.3 is 14.6 Å². The number of carbonyl (C=O) groups excluding carboxylic acids is 1. The first-order valence-electron chi connectivity index (χ1n) is 9.77. The average molecular weight is 508 g/mol. The zero-order valence-electron chi connectivity index (χ0n) is 18.5.